The standard InChI is InChI=1S/C7H4O2/c8-5-6-3-1-2-4-7(6)9/h1-4H/p+1. The summed E-state index contributed by atoms with van der Waals surface area (Å²) < 4.78 is 0. The predicted octanol–water partition coefficient (Wildman–Crippen LogP) is 0.381. The summed E-state index contributed by atoms with van der Waals surface area (Å²) in [5, 5.41) is 0. The molecule has 2 nitrogen and oxygen atoms in total. The van der Waals surface area contributed by atoms with Crippen LogP contribution in [-0.4, -0.2) is 16.5 Å². The Hall–Kier alpha value is -1.40. The average molecular weight is 121 g/mol. The lowest BCUT2D eigenvalue weighted by molar-refractivity contribution is -0.111. The van der Waals surface area contributed by atoms with Crippen molar-refractivity contribution in [1.82, 2.24) is 0 Å². The second-order valence-electron chi connectivity index (χ2n) is 1.61. The van der Waals surface area contributed by atoms with Crippen LogP contribution in [0.4, 0.5) is 0 Å². The van der Waals surface area contributed by atoms with E-state index in [1.807, 2.05) is 0 Å². The van der Waals surface area contributed by atoms with Crippen LogP contribution in [0.25, 0.3) is 0 Å². The van der Waals surface area contributed by atoms with Gasteiger partial charge in [-0.05, 0) is 12.2 Å². The molecule has 0 saturated heterocycles. The van der Waals surface area contributed by atoms with Crippen LogP contribution in [0.3, 0.4) is 0 Å². The molecule has 0 spiro atoms. The molecule has 0 unspecified atom stereocenters. The first-order chi connectivity index (χ1) is 4.34. The smallest absolute Gasteiger partial charge is 0.288 e. The molecule has 0 heterocycles. The van der Waals surface area contributed by atoms with Gasteiger partial charge in [0.05, 0.1) is 0 Å². The van der Waals surface area contributed by atoms with Gasteiger partial charge < -0.3 is 0 Å². The molecule has 0 aromatic rings. The fourth-order valence-corrected chi connectivity index (χ4v) is 0.559. The molecule has 1 N–H and O–H groups in total. The van der Waals surface area contributed by atoms with E-state index in [-0.39, 0.29) is 11.4 Å². The Morgan fingerprint density at radius 2 is 2.00 bits per heavy atom. The zero-order valence-corrected chi connectivity index (χ0v) is 4.66. The van der Waals surface area contributed by atoms with E-state index in [1.54, 1.807) is 18.1 Å². The quantitative estimate of drug-likeness (QED) is 0.259. The van der Waals surface area contributed by atoms with Gasteiger partial charge in [0, 0.05) is 0 Å². The van der Waals surface area contributed by atoms with Gasteiger partial charge in [-0.15, -0.1) is 0 Å². The number of hydrogen-bond acceptors (Lipinski definition) is 1. The minimum Gasteiger partial charge on any atom is -0.288 e. The van der Waals surface area contributed by atoms with Gasteiger partial charge in [-0.2, -0.15) is 0 Å². The maximum absolute atomic E-state index is 10.6. The van der Waals surface area contributed by atoms with Crippen molar-refractivity contribution in [2.75, 3.05) is 0 Å². The number of carbonyl (C=O) groups is 1. The van der Waals surface area contributed by atoms with Crippen LogP contribution in [0.1, 0.15) is 0 Å². The van der Waals surface area contributed by atoms with Crippen LogP contribution >= 0.6 is 0 Å². The fraction of sp³-hybridized carbons (Fsp3) is 0. The van der Waals surface area contributed by atoms with Gasteiger partial charge in [0.2, 0.25) is 5.78 Å². The van der Waals surface area contributed by atoms with Gasteiger partial charge in [-0.25, -0.2) is 4.79 Å². The lowest BCUT2D eigenvalue weighted by Gasteiger charge is -1.89. The molecule has 1 aliphatic rings. The third kappa shape index (κ3) is 1.04. The second kappa shape index (κ2) is 2.25. The summed E-state index contributed by atoms with van der Waals surface area (Å²) in [6.45, 7) is 0. The molecule has 0 atom stereocenters. The van der Waals surface area contributed by atoms with Crippen molar-refractivity contribution in [2.45, 2.75) is 0 Å². The summed E-state index contributed by atoms with van der Waals surface area (Å²) in [4.78, 5) is 18.9. The minimum absolute atomic E-state index is 0.206. The third-order valence-electron chi connectivity index (χ3n) is 1.01. The van der Waals surface area contributed by atoms with Crippen LogP contribution in [-0.2, 0) is 4.79 Å². The average Bonchev–Trinajstić information content (AvgIpc) is 1.89. The monoisotopic (exact) mass is 121 g/mol. The van der Waals surface area contributed by atoms with Gasteiger partial charge in [0.1, 0.15) is 0 Å². The lowest BCUT2D eigenvalue weighted by Crippen LogP contribution is -1.98. The van der Waals surface area contributed by atoms with Crippen LogP contribution in [0.2, 0.25) is 0 Å². The number of carbonyl (C=O) groups excluding carboxylic acids is 2. The normalized spacial score (nSPS) is 16.0. The largest absolute Gasteiger partial charge is 0.353 e. The first-order valence-corrected chi connectivity index (χ1v) is 2.51. The highest BCUT2D eigenvalue weighted by Crippen LogP contribution is 2.00. The molecule has 0 bridgehead atoms. The number of allylic oxidation sites excluding steroid dienone is 5. The molecule has 9 heavy (non-hydrogen) atoms. The first kappa shape index (κ1) is 5.73. The van der Waals surface area contributed by atoms with Gasteiger partial charge in [0.25, 0.3) is 0 Å². The number of ketones is 1. The van der Waals surface area contributed by atoms with Gasteiger partial charge >= 0.3 is 5.94 Å². The van der Waals surface area contributed by atoms with E-state index in [4.69, 9.17) is 4.79 Å². The summed E-state index contributed by atoms with van der Waals surface area (Å²) in [6, 6.07) is 0. The van der Waals surface area contributed by atoms with Crippen molar-refractivity contribution < 1.29 is 9.59 Å². The summed E-state index contributed by atoms with van der Waals surface area (Å²) in [5.74, 6) is 1.57. The zero-order chi connectivity index (χ0) is 6.69. The molecule has 1 rings (SSSR count). The summed E-state index contributed by atoms with van der Waals surface area (Å²) in [7, 11) is 0. The molecule has 0 aliphatic heterocycles. The number of rotatable bonds is 0. The Bertz CT molecular complexity index is 240. The van der Waals surface area contributed by atoms with E-state index in [2.05, 4.69) is 0 Å². The van der Waals surface area contributed by atoms with Crippen molar-refractivity contribution in [3.05, 3.63) is 29.9 Å². The second-order valence-corrected chi connectivity index (χ2v) is 1.61. The van der Waals surface area contributed by atoms with E-state index < -0.39 is 0 Å². The van der Waals surface area contributed by atoms with Crippen molar-refractivity contribution >= 4 is 11.7 Å². The van der Waals surface area contributed by atoms with E-state index >= 15 is 0 Å². The van der Waals surface area contributed by atoms with Gasteiger partial charge in [0.15, 0.2) is 5.57 Å². The van der Waals surface area contributed by atoms with Crippen molar-refractivity contribution in [2.24, 2.45) is 0 Å². The highest BCUT2D eigenvalue weighted by molar-refractivity contribution is 6.12. The fourth-order valence-electron chi connectivity index (χ4n) is 0.559. The molecule has 44 valence electrons. The SMILES string of the molecule is O=C1C=CC=CC1=C=[OH+]. The predicted molar refractivity (Wildman–Crippen MR) is 33.7 cm³/mol. The Morgan fingerprint density at radius 1 is 1.33 bits per heavy atom. The third-order valence-corrected chi connectivity index (χ3v) is 1.01. The zero-order valence-electron chi connectivity index (χ0n) is 4.66. The summed E-state index contributed by atoms with van der Waals surface area (Å²) in [5.41, 5.74) is 0.206. The molecular formula is C7H5O2+. The molecule has 0 fully saturated rings. The van der Waals surface area contributed by atoms with E-state index in [1.165, 1.54) is 12.2 Å². The molecule has 0 aromatic carbocycles. The molecule has 0 radical (unpaired) electrons. The maximum Gasteiger partial charge on any atom is 0.353 e. The van der Waals surface area contributed by atoms with E-state index in [9.17, 15) is 4.79 Å². The Morgan fingerprint density at radius 3 is 2.44 bits per heavy atom. The van der Waals surface area contributed by atoms with Crippen LogP contribution < -0.4 is 0 Å². The molecular weight excluding hydrogens is 116 g/mol. The first-order valence-electron chi connectivity index (χ1n) is 2.51. The van der Waals surface area contributed by atoms with Crippen LogP contribution in [0.5, 0.6) is 0 Å². The maximum atomic E-state index is 10.6. The van der Waals surface area contributed by atoms with Crippen molar-refractivity contribution in [1.29, 1.82) is 0 Å². The summed E-state index contributed by atoms with van der Waals surface area (Å²) >= 11 is 0. The van der Waals surface area contributed by atoms with Crippen LogP contribution in [0, 0.1) is 0 Å². The topological polar surface area (TPSA) is 38.5 Å². The van der Waals surface area contributed by atoms with Gasteiger partial charge in [-0.3, -0.25) is 4.79 Å². The Labute approximate surface area is 52.2 Å². The van der Waals surface area contributed by atoms with Gasteiger partial charge in [-0.1, -0.05) is 12.2 Å². The molecule has 1 aliphatic carbocycles. The molecule has 0 amide bonds. The minimum atomic E-state index is -0.208. The van der Waals surface area contributed by atoms with E-state index in [0.717, 1.165) is 0 Å². The van der Waals surface area contributed by atoms with Crippen molar-refractivity contribution in [3.63, 3.8) is 0 Å². The highest BCUT2D eigenvalue weighted by Gasteiger charge is 2.07. The number of hydrogen-bond donors (Lipinski definition) is 0. The summed E-state index contributed by atoms with van der Waals surface area (Å²) in [6.07, 6.45) is 6.16. The Balaban J connectivity index is 3.04. The molecule has 0 aromatic heterocycles. The molecule has 0 saturated carbocycles. The van der Waals surface area contributed by atoms with Crippen molar-refractivity contribution in [3.8, 4) is 0 Å². The van der Waals surface area contributed by atoms with E-state index in [0.29, 0.717) is 0 Å². The van der Waals surface area contributed by atoms with Crippen LogP contribution in [0.15, 0.2) is 29.9 Å². The Kier molecular flexibility index (Phi) is 1.43. The highest BCUT2D eigenvalue weighted by atomic mass is 16.1. The molecule has 2 heteroatoms. The lowest BCUT2D eigenvalue weighted by atomic mass is 10.1.